The summed E-state index contributed by atoms with van der Waals surface area (Å²) in [7, 11) is 0. The molecule has 0 unspecified atom stereocenters. The highest BCUT2D eigenvalue weighted by Gasteiger charge is 2.27. The summed E-state index contributed by atoms with van der Waals surface area (Å²) in [5, 5.41) is 5.72. The van der Waals surface area contributed by atoms with E-state index in [1.807, 2.05) is 6.92 Å². The second-order valence-electron chi connectivity index (χ2n) is 6.20. The summed E-state index contributed by atoms with van der Waals surface area (Å²) in [6.45, 7) is 5.86. The van der Waals surface area contributed by atoms with Gasteiger partial charge < -0.3 is 15.4 Å². The van der Waals surface area contributed by atoms with Crippen LogP contribution >= 0.6 is 0 Å². The first-order valence-electron chi connectivity index (χ1n) is 8.69. The molecule has 0 aliphatic carbocycles. The lowest BCUT2D eigenvalue weighted by molar-refractivity contribution is -0.126. The number of amides is 2. The third-order valence-corrected chi connectivity index (χ3v) is 4.43. The first-order chi connectivity index (χ1) is 12.0. The van der Waals surface area contributed by atoms with E-state index in [0.29, 0.717) is 13.2 Å². The van der Waals surface area contributed by atoms with Gasteiger partial charge in [-0.3, -0.25) is 9.69 Å². The van der Waals surface area contributed by atoms with Crippen LogP contribution in [0, 0.1) is 5.82 Å². The normalized spacial score (nSPS) is 16.9. The molecule has 2 amide bonds. The van der Waals surface area contributed by atoms with Crippen LogP contribution in [0.1, 0.15) is 32.3 Å². The van der Waals surface area contributed by atoms with Gasteiger partial charge in [-0.15, -0.1) is 0 Å². The monoisotopic (exact) mass is 351 g/mol. The van der Waals surface area contributed by atoms with Gasteiger partial charge in [0, 0.05) is 25.7 Å². The second kappa shape index (κ2) is 9.36. The van der Waals surface area contributed by atoms with Crippen LogP contribution in [-0.2, 0) is 16.1 Å². The Balaban J connectivity index is 1.73. The van der Waals surface area contributed by atoms with Crippen molar-refractivity contribution < 1.29 is 18.7 Å². The molecule has 2 rings (SSSR count). The van der Waals surface area contributed by atoms with E-state index in [4.69, 9.17) is 4.74 Å². The maximum absolute atomic E-state index is 12.9. The summed E-state index contributed by atoms with van der Waals surface area (Å²) >= 11 is 0. The Kier molecular flexibility index (Phi) is 7.18. The van der Waals surface area contributed by atoms with Crippen molar-refractivity contribution in [2.75, 3.05) is 19.7 Å². The van der Waals surface area contributed by atoms with Gasteiger partial charge in [0.2, 0.25) is 5.91 Å². The number of carbonyl (C=O) groups excluding carboxylic acids is 2. The zero-order chi connectivity index (χ0) is 18.2. The van der Waals surface area contributed by atoms with E-state index in [1.54, 1.807) is 19.1 Å². The molecule has 2 N–H and O–H groups in total. The molecule has 1 aromatic carbocycles. The Morgan fingerprint density at radius 3 is 2.52 bits per heavy atom. The van der Waals surface area contributed by atoms with Crippen LogP contribution in [0.3, 0.4) is 0 Å². The van der Waals surface area contributed by atoms with Gasteiger partial charge in [-0.1, -0.05) is 12.1 Å². The van der Waals surface area contributed by atoms with Crippen molar-refractivity contribution in [2.24, 2.45) is 0 Å². The molecule has 7 heteroatoms. The molecule has 1 aromatic rings. The fraction of sp³-hybridized carbons (Fsp3) is 0.556. The molecule has 6 nitrogen and oxygen atoms in total. The van der Waals surface area contributed by atoms with Gasteiger partial charge in [-0.25, -0.2) is 9.18 Å². The van der Waals surface area contributed by atoms with Crippen LogP contribution in [0.2, 0.25) is 0 Å². The maximum Gasteiger partial charge on any atom is 0.407 e. The van der Waals surface area contributed by atoms with Gasteiger partial charge in [0.1, 0.15) is 5.82 Å². The molecule has 0 bridgehead atoms. The minimum Gasteiger partial charge on any atom is -0.450 e. The molecule has 1 aliphatic rings. The molecule has 1 heterocycles. The highest BCUT2D eigenvalue weighted by atomic mass is 19.1. The predicted octanol–water partition coefficient (Wildman–Crippen LogP) is 2.04. The van der Waals surface area contributed by atoms with E-state index >= 15 is 0 Å². The van der Waals surface area contributed by atoms with E-state index in [-0.39, 0.29) is 29.9 Å². The molecule has 0 radical (unpaired) electrons. The van der Waals surface area contributed by atoms with Gasteiger partial charge in [0.15, 0.2) is 0 Å². The third-order valence-electron chi connectivity index (χ3n) is 4.43. The number of piperidine rings is 1. The van der Waals surface area contributed by atoms with Crippen molar-refractivity contribution >= 4 is 12.0 Å². The van der Waals surface area contributed by atoms with E-state index < -0.39 is 0 Å². The highest BCUT2D eigenvalue weighted by Crippen LogP contribution is 2.14. The van der Waals surface area contributed by atoms with Crippen molar-refractivity contribution in [3.05, 3.63) is 35.6 Å². The second-order valence-corrected chi connectivity index (χ2v) is 6.20. The van der Waals surface area contributed by atoms with Gasteiger partial charge in [-0.05, 0) is 44.4 Å². The number of hydrogen-bond acceptors (Lipinski definition) is 4. The molecule has 1 fully saturated rings. The average molecular weight is 351 g/mol. The summed E-state index contributed by atoms with van der Waals surface area (Å²) in [5.41, 5.74) is 0.860. The number of alkyl carbamates (subject to hydrolysis) is 1. The lowest BCUT2D eigenvalue weighted by Crippen LogP contribution is -2.51. The van der Waals surface area contributed by atoms with E-state index in [9.17, 15) is 14.0 Å². The number of hydrogen-bond donors (Lipinski definition) is 2. The summed E-state index contributed by atoms with van der Waals surface area (Å²) in [5.74, 6) is -0.344. The molecular weight excluding hydrogens is 325 g/mol. The topological polar surface area (TPSA) is 70.7 Å². The SMILES string of the molecule is CCOC(=O)NC1CCN([C@H](C)C(=O)NCc2ccc(F)cc2)CC1. The van der Waals surface area contributed by atoms with Crippen LogP contribution in [0.4, 0.5) is 9.18 Å². The lowest BCUT2D eigenvalue weighted by Gasteiger charge is -2.35. The standard InChI is InChI=1S/C18H26FN3O3/c1-3-25-18(24)21-16-8-10-22(11-9-16)13(2)17(23)20-12-14-4-6-15(19)7-5-14/h4-7,13,16H,3,8-12H2,1-2H3,(H,20,23)(H,21,24)/t13-/m1/s1. The Morgan fingerprint density at radius 2 is 1.92 bits per heavy atom. The number of carbonyl (C=O) groups is 2. The highest BCUT2D eigenvalue weighted by molar-refractivity contribution is 5.81. The van der Waals surface area contributed by atoms with Crippen LogP contribution < -0.4 is 10.6 Å². The number of likely N-dealkylation sites (tertiary alicyclic amines) is 1. The van der Waals surface area contributed by atoms with Crippen molar-refractivity contribution in [1.82, 2.24) is 15.5 Å². The van der Waals surface area contributed by atoms with Gasteiger partial charge >= 0.3 is 6.09 Å². The molecule has 138 valence electrons. The molecule has 0 aromatic heterocycles. The molecule has 1 saturated heterocycles. The van der Waals surface area contributed by atoms with Crippen molar-refractivity contribution in [1.29, 1.82) is 0 Å². The zero-order valence-electron chi connectivity index (χ0n) is 14.8. The Bertz CT molecular complexity index is 571. The van der Waals surface area contributed by atoms with Crippen LogP contribution in [0.5, 0.6) is 0 Å². The van der Waals surface area contributed by atoms with E-state index in [2.05, 4.69) is 15.5 Å². The fourth-order valence-electron chi connectivity index (χ4n) is 2.88. The van der Waals surface area contributed by atoms with Crippen LogP contribution in [0.25, 0.3) is 0 Å². The molecule has 0 saturated carbocycles. The fourth-order valence-corrected chi connectivity index (χ4v) is 2.88. The first-order valence-corrected chi connectivity index (χ1v) is 8.69. The summed E-state index contributed by atoms with van der Waals surface area (Å²) in [6.07, 6.45) is 1.19. The predicted molar refractivity (Wildman–Crippen MR) is 92.5 cm³/mol. The number of nitrogens with one attached hydrogen (secondary N) is 2. The minimum absolute atomic E-state index is 0.0545. The zero-order valence-corrected chi connectivity index (χ0v) is 14.8. The summed E-state index contributed by atoms with van der Waals surface area (Å²) in [6, 6.07) is 5.92. The number of benzene rings is 1. The smallest absolute Gasteiger partial charge is 0.407 e. The Hall–Kier alpha value is -2.15. The van der Waals surface area contributed by atoms with Crippen LogP contribution in [0.15, 0.2) is 24.3 Å². The van der Waals surface area contributed by atoms with E-state index in [0.717, 1.165) is 31.5 Å². The third kappa shape index (κ3) is 6.01. The lowest BCUT2D eigenvalue weighted by atomic mass is 10.0. The molecular formula is C18H26FN3O3. The molecule has 1 atom stereocenters. The number of nitrogens with zero attached hydrogens (tertiary/aromatic N) is 1. The van der Waals surface area contributed by atoms with Crippen LogP contribution in [-0.4, -0.2) is 48.7 Å². The van der Waals surface area contributed by atoms with Crippen molar-refractivity contribution in [3.8, 4) is 0 Å². The first kappa shape index (κ1) is 19.2. The Morgan fingerprint density at radius 1 is 1.28 bits per heavy atom. The van der Waals surface area contributed by atoms with Gasteiger partial charge in [-0.2, -0.15) is 0 Å². The maximum atomic E-state index is 12.9. The largest absolute Gasteiger partial charge is 0.450 e. The summed E-state index contributed by atoms with van der Waals surface area (Å²) in [4.78, 5) is 25.9. The number of rotatable bonds is 6. The average Bonchev–Trinajstić information content (AvgIpc) is 2.61. The van der Waals surface area contributed by atoms with E-state index in [1.165, 1.54) is 12.1 Å². The van der Waals surface area contributed by atoms with Gasteiger partial charge in [0.25, 0.3) is 0 Å². The molecule has 1 aliphatic heterocycles. The van der Waals surface area contributed by atoms with Gasteiger partial charge in [0.05, 0.1) is 12.6 Å². The minimum atomic E-state index is -0.383. The molecule has 0 spiro atoms. The number of ether oxygens (including phenoxy) is 1. The van der Waals surface area contributed by atoms with Crippen molar-refractivity contribution in [3.63, 3.8) is 0 Å². The number of halogens is 1. The summed E-state index contributed by atoms with van der Waals surface area (Å²) < 4.78 is 17.8. The van der Waals surface area contributed by atoms with Crippen molar-refractivity contribution in [2.45, 2.75) is 45.3 Å². The molecule has 25 heavy (non-hydrogen) atoms. The Labute approximate surface area is 147 Å². The quantitative estimate of drug-likeness (QED) is 0.823.